The standard InChI is InChI=1S/C14H17FN2O/c1-16(2)14(18)7-4-9-17-10-8-11-12(15)5-3-6-13(11)17/h3,5-6,8,10H,4,7,9H2,1-2H3. The van der Waals surface area contributed by atoms with Crippen LogP contribution >= 0.6 is 0 Å². The highest BCUT2D eigenvalue weighted by atomic mass is 19.1. The van der Waals surface area contributed by atoms with Gasteiger partial charge in [0.25, 0.3) is 0 Å². The van der Waals surface area contributed by atoms with E-state index in [1.807, 2.05) is 16.8 Å². The van der Waals surface area contributed by atoms with Crippen LogP contribution in [0.1, 0.15) is 12.8 Å². The molecule has 96 valence electrons. The van der Waals surface area contributed by atoms with Crippen LogP contribution in [0.3, 0.4) is 0 Å². The summed E-state index contributed by atoms with van der Waals surface area (Å²) >= 11 is 0. The first kappa shape index (κ1) is 12.6. The fourth-order valence-electron chi connectivity index (χ4n) is 2.01. The van der Waals surface area contributed by atoms with E-state index in [2.05, 4.69) is 0 Å². The Bertz CT molecular complexity index is 560. The number of fused-ring (bicyclic) bond motifs is 1. The van der Waals surface area contributed by atoms with Crippen molar-refractivity contribution in [3.8, 4) is 0 Å². The second-order valence-corrected chi connectivity index (χ2v) is 4.57. The molecular weight excluding hydrogens is 231 g/mol. The minimum Gasteiger partial charge on any atom is -0.349 e. The molecule has 0 spiro atoms. The third kappa shape index (κ3) is 2.53. The normalized spacial score (nSPS) is 10.8. The minimum atomic E-state index is -0.199. The summed E-state index contributed by atoms with van der Waals surface area (Å²) in [4.78, 5) is 13.0. The molecule has 1 heterocycles. The molecular formula is C14H17FN2O. The van der Waals surface area contributed by atoms with Crippen molar-refractivity contribution in [3.63, 3.8) is 0 Å². The lowest BCUT2D eigenvalue weighted by Gasteiger charge is -2.10. The number of nitrogens with zero attached hydrogens (tertiary/aromatic N) is 2. The van der Waals surface area contributed by atoms with E-state index in [9.17, 15) is 9.18 Å². The van der Waals surface area contributed by atoms with Gasteiger partial charge in [0, 0.05) is 38.6 Å². The summed E-state index contributed by atoms with van der Waals surface area (Å²) < 4.78 is 15.5. The van der Waals surface area contributed by atoms with Crippen molar-refractivity contribution in [2.45, 2.75) is 19.4 Å². The summed E-state index contributed by atoms with van der Waals surface area (Å²) in [5, 5.41) is 0.636. The van der Waals surface area contributed by atoms with Gasteiger partial charge in [0.15, 0.2) is 0 Å². The Labute approximate surface area is 106 Å². The number of hydrogen-bond donors (Lipinski definition) is 0. The van der Waals surface area contributed by atoms with Crippen molar-refractivity contribution in [1.29, 1.82) is 0 Å². The van der Waals surface area contributed by atoms with Crippen molar-refractivity contribution in [1.82, 2.24) is 9.47 Å². The van der Waals surface area contributed by atoms with Gasteiger partial charge in [0.2, 0.25) is 5.91 Å². The van der Waals surface area contributed by atoms with E-state index in [4.69, 9.17) is 0 Å². The molecule has 0 radical (unpaired) electrons. The highest BCUT2D eigenvalue weighted by molar-refractivity contribution is 5.80. The first-order chi connectivity index (χ1) is 8.59. The zero-order valence-corrected chi connectivity index (χ0v) is 10.7. The van der Waals surface area contributed by atoms with E-state index in [0.717, 1.165) is 18.5 Å². The molecule has 1 aromatic carbocycles. The number of amides is 1. The van der Waals surface area contributed by atoms with Crippen molar-refractivity contribution in [2.24, 2.45) is 0 Å². The van der Waals surface area contributed by atoms with Gasteiger partial charge in [-0.15, -0.1) is 0 Å². The van der Waals surface area contributed by atoms with Crippen LogP contribution in [0.2, 0.25) is 0 Å². The quantitative estimate of drug-likeness (QED) is 0.816. The molecule has 2 aromatic rings. The zero-order valence-electron chi connectivity index (χ0n) is 10.7. The zero-order chi connectivity index (χ0) is 13.1. The van der Waals surface area contributed by atoms with Crippen LogP contribution in [0.15, 0.2) is 30.5 Å². The molecule has 0 aliphatic rings. The van der Waals surface area contributed by atoms with Gasteiger partial charge < -0.3 is 9.47 Å². The largest absolute Gasteiger partial charge is 0.349 e. The van der Waals surface area contributed by atoms with Gasteiger partial charge in [-0.05, 0) is 24.6 Å². The van der Waals surface area contributed by atoms with Crippen LogP contribution in [-0.2, 0) is 11.3 Å². The summed E-state index contributed by atoms with van der Waals surface area (Å²) in [7, 11) is 3.51. The maximum absolute atomic E-state index is 13.5. The van der Waals surface area contributed by atoms with Crippen LogP contribution in [0.4, 0.5) is 4.39 Å². The van der Waals surface area contributed by atoms with Crippen LogP contribution in [-0.4, -0.2) is 29.5 Å². The molecule has 1 amide bonds. The lowest BCUT2D eigenvalue weighted by atomic mass is 10.2. The Morgan fingerprint density at radius 2 is 2.11 bits per heavy atom. The fraction of sp³-hybridized carbons (Fsp3) is 0.357. The van der Waals surface area contributed by atoms with Gasteiger partial charge in [-0.2, -0.15) is 0 Å². The minimum absolute atomic E-state index is 0.123. The number of aromatic nitrogens is 1. The predicted octanol–water partition coefficient (Wildman–Crippen LogP) is 2.65. The summed E-state index contributed by atoms with van der Waals surface area (Å²) in [5.41, 5.74) is 0.882. The maximum atomic E-state index is 13.5. The molecule has 0 saturated heterocycles. The van der Waals surface area contributed by atoms with Gasteiger partial charge in [-0.1, -0.05) is 6.07 Å². The second-order valence-electron chi connectivity index (χ2n) is 4.57. The van der Waals surface area contributed by atoms with Gasteiger partial charge in [-0.3, -0.25) is 4.79 Å². The van der Waals surface area contributed by atoms with E-state index < -0.39 is 0 Å². The molecule has 1 aromatic heterocycles. The van der Waals surface area contributed by atoms with E-state index in [1.54, 1.807) is 31.1 Å². The number of halogens is 1. The van der Waals surface area contributed by atoms with E-state index in [1.165, 1.54) is 6.07 Å². The molecule has 2 rings (SSSR count). The molecule has 3 nitrogen and oxygen atoms in total. The Hall–Kier alpha value is -1.84. The molecule has 4 heteroatoms. The summed E-state index contributed by atoms with van der Waals surface area (Å²) in [6.45, 7) is 0.729. The third-order valence-corrected chi connectivity index (χ3v) is 3.05. The number of carbonyl (C=O) groups is 1. The van der Waals surface area contributed by atoms with Crippen molar-refractivity contribution >= 4 is 16.8 Å². The van der Waals surface area contributed by atoms with E-state index in [-0.39, 0.29) is 11.7 Å². The van der Waals surface area contributed by atoms with Crippen molar-refractivity contribution < 1.29 is 9.18 Å². The van der Waals surface area contributed by atoms with Gasteiger partial charge in [-0.25, -0.2) is 4.39 Å². The van der Waals surface area contributed by atoms with Crippen LogP contribution in [0.5, 0.6) is 0 Å². The van der Waals surface area contributed by atoms with Gasteiger partial charge >= 0.3 is 0 Å². The molecule has 0 N–H and O–H groups in total. The summed E-state index contributed by atoms with van der Waals surface area (Å²) in [6.07, 6.45) is 3.15. The van der Waals surface area contributed by atoms with Crippen molar-refractivity contribution in [2.75, 3.05) is 14.1 Å². The summed E-state index contributed by atoms with van der Waals surface area (Å²) in [6, 6.07) is 6.84. The van der Waals surface area contributed by atoms with Gasteiger partial charge in [0.1, 0.15) is 5.82 Å². The summed E-state index contributed by atoms with van der Waals surface area (Å²) in [5.74, 6) is -0.0757. The third-order valence-electron chi connectivity index (χ3n) is 3.05. The first-order valence-electron chi connectivity index (χ1n) is 6.03. The highest BCUT2D eigenvalue weighted by Crippen LogP contribution is 2.19. The Kier molecular flexibility index (Phi) is 3.65. The number of hydrogen-bond acceptors (Lipinski definition) is 1. The monoisotopic (exact) mass is 248 g/mol. The van der Waals surface area contributed by atoms with Crippen LogP contribution < -0.4 is 0 Å². The molecule has 0 aliphatic heterocycles. The Morgan fingerprint density at radius 1 is 1.33 bits per heavy atom. The number of rotatable bonds is 4. The van der Waals surface area contributed by atoms with E-state index in [0.29, 0.717) is 11.8 Å². The molecule has 0 bridgehead atoms. The molecule has 0 saturated carbocycles. The molecule has 0 fully saturated rings. The predicted molar refractivity (Wildman–Crippen MR) is 69.8 cm³/mol. The SMILES string of the molecule is CN(C)C(=O)CCCn1ccc2c(F)cccc21. The lowest BCUT2D eigenvalue weighted by Crippen LogP contribution is -2.21. The topological polar surface area (TPSA) is 25.2 Å². The number of aryl methyl sites for hydroxylation is 1. The Balaban J connectivity index is 2.05. The number of benzene rings is 1. The Morgan fingerprint density at radius 3 is 2.83 bits per heavy atom. The van der Waals surface area contributed by atoms with E-state index >= 15 is 0 Å². The number of carbonyl (C=O) groups excluding carboxylic acids is 1. The van der Waals surface area contributed by atoms with Crippen LogP contribution in [0, 0.1) is 5.82 Å². The average Bonchev–Trinajstić information content (AvgIpc) is 2.74. The average molecular weight is 248 g/mol. The van der Waals surface area contributed by atoms with Crippen molar-refractivity contribution in [3.05, 3.63) is 36.3 Å². The molecule has 0 aliphatic carbocycles. The molecule has 18 heavy (non-hydrogen) atoms. The maximum Gasteiger partial charge on any atom is 0.222 e. The second kappa shape index (κ2) is 5.21. The smallest absolute Gasteiger partial charge is 0.222 e. The van der Waals surface area contributed by atoms with Gasteiger partial charge in [0.05, 0.1) is 5.52 Å². The first-order valence-corrected chi connectivity index (χ1v) is 6.03. The lowest BCUT2D eigenvalue weighted by molar-refractivity contribution is -0.128. The highest BCUT2D eigenvalue weighted by Gasteiger charge is 2.06. The fourth-order valence-corrected chi connectivity index (χ4v) is 2.01. The van der Waals surface area contributed by atoms with Crippen LogP contribution in [0.25, 0.3) is 10.9 Å². The molecule has 0 unspecified atom stereocenters. The molecule has 0 atom stereocenters.